The zero-order valence-electron chi connectivity index (χ0n) is 25.4. The molecule has 0 aromatic rings. The number of aliphatic hydroxyl groups excluding tert-OH is 1. The first kappa shape index (κ1) is 39.5. The Morgan fingerprint density at radius 1 is 0.683 bits per heavy atom. The standard InChI is InChI=1S/C29H56NO10P/c1-3-5-7-9-11-13-14-16-18-20-27(32)30-26(29(34)35)24-40-41(36,37)39-23-25(31)22-38-28(33)21-19-17-15-12-10-8-6-4-2/h25-26,31H,3-24H2,1-2H3,(H,30,32)(H,34,35)(H,36,37). The lowest BCUT2D eigenvalue weighted by molar-refractivity contribution is -0.147. The number of esters is 1. The van der Waals surface area contributed by atoms with E-state index < -0.39 is 57.6 Å². The molecule has 3 unspecified atom stereocenters. The Hall–Kier alpha value is -1.52. The van der Waals surface area contributed by atoms with Crippen molar-refractivity contribution in [3.05, 3.63) is 0 Å². The average Bonchev–Trinajstić information content (AvgIpc) is 2.93. The number of unbranched alkanes of at least 4 members (excludes halogenated alkanes) is 15. The van der Waals surface area contributed by atoms with Crippen LogP contribution in [0.2, 0.25) is 0 Å². The van der Waals surface area contributed by atoms with Crippen molar-refractivity contribution in [1.29, 1.82) is 0 Å². The Morgan fingerprint density at radius 2 is 1.12 bits per heavy atom. The highest BCUT2D eigenvalue weighted by Crippen LogP contribution is 2.43. The van der Waals surface area contributed by atoms with E-state index in [2.05, 4.69) is 23.7 Å². The minimum Gasteiger partial charge on any atom is -0.480 e. The van der Waals surface area contributed by atoms with Crippen molar-refractivity contribution in [3.63, 3.8) is 0 Å². The third kappa shape index (κ3) is 25.9. The molecule has 11 nitrogen and oxygen atoms in total. The summed E-state index contributed by atoms with van der Waals surface area (Å²) in [5.41, 5.74) is 0. The van der Waals surface area contributed by atoms with Crippen LogP contribution in [0.25, 0.3) is 0 Å². The number of carboxylic acids is 1. The predicted octanol–water partition coefficient (Wildman–Crippen LogP) is 6.05. The maximum atomic E-state index is 12.1. The molecule has 0 aliphatic heterocycles. The number of aliphatic hydroxyl groups is 1. The summed E-state index contributed by atoms with van der Waals surface area (Å²) < 4.78 is 26.5. The van der Waals surface area contributed by atoms with E-state index in [1.165, 1.54) is 57.8 Å². The van der Waals surface area contributed by atoms with Crippen LogP contribution in [0.5, 0.6) is 0 Å². The number of ether oxygens (including phenoxy) is 1. The van der Waals surface area contributed by atoms with Gasteiger partial charge in [-0.2, -0.15) is 0 Å². The summed E-state index contributed by atoms with van der Waals surface area (Å²) in [7, 11) is -4.73. The van der Waals surface area contributed by atoms with Gasteiger partial charge in [0.1, 0.15) is 12.7 Å². The quantitative estimate of drug-likeness (QED) is 0.0445. The molecule has 4 N–H and O–H groups in total. The zero-order chi connectivity index (χ0) is 30.8. The maximum Gasteiger partial charge on any atom is 0.472 e. The SMILES string of the molecule is CCCCCCCCCCCC(=O)NC(COP(=O)(O)OCC(O)COC(=O)CCCCCCCCCC)C(=O)O. The molecule has 0 aromatic heterocycles. The zero-order valence-corrected chi connectivity index (χ0v) is 26.3. The van der Waals surface area contributed by atoms with Crippen LogP contribution in [-0.2, 0) is 32.7 Å². The second kappa shape index (κ2) is 26.1. The summed E-state index contributed by atoms with van der Waals surface area (Å²) in [6.07, 6.45) is 17.5. The van der Waals surface area contributed by atoms with E-state index >= 15 is 0 Å². The molecule has 0 fully saturated rings. The van der Waals surface area contributed by atoms with E-state index in [1.807, 2.05) is 0 Å². The molecule has 0 aromatic carbocycles. The second-order valence-electron chi connectivity index (χ2n) is 10.7. The largest absolute Gasteiger partial charge is 0.480 e. The molecule has 242 valence electrons. The number of phosphoric acid groups is 1. The predicted molar refractivity (Wildman–Crippen MR) is 157 cm³/mol. The molecule has 0 rings (SSSR count). The summed E-state index contributed by atoms with van der Waals surface area (Å²) >= 11 is 0. The lowest BCUT2D eigenvalue weighted by Gasteiger charge is -2.18. The third-order valence-corrected chi connectivity index (χ3v) is 7.60. The summed E-state index contributed by atoms with van der Waals surface area (Å²) in [6.45, 7) is 2.47. The fraction of sp³-hybridized carbons (Fsp3) is 0.897. The monoisotopic (exact) mass is 609 g/mol. The molecule has 0 heterocycles. The van der Waals surface area contributed by atoms with Gasteiger partial charge < -0.3 is 25.2 Å². The van der Waals surface area contributed by atoms with E-state index in [0.717, 1.165) is 38.5 Å². The molecule has 0 aliphatic carbocycles. The maximum absolute atomic E-state index is 12.1. The molecular weight excluding hydrogens is 553 g/mol. The minimum absolute atomic E-state index is 0.150. The van der Waals surface area contributed by atoms with E-state index in [4.69, 9.17) is 9.26 Å². The van der Waals surface area contributed by atoms with Crippen LogP contribution in [0.15, 0.2) is 0 Å². The molecule has 3 atom stereocenters. The number of amides is 1. The number of carbonyl (C=O) groups excluding carboxylic acids is 2. The smallest absolute Gasteiger partial charge is 0.472 e. The van der Waals surface area contributed by atoms with Crippen LogP contribution in [0, 0.1) is 0 Å². The van der Waals surface area contributed by atoms with Crippen molar-refractivity contribution in [3.8, 4) is 0 Å². The van der Waals surface area contributed by atoms with E-state index in [9.17, 15) is 34.1 Å². The second-order valence-corrected chi connectivity index (χ2v) is 12.1. The van der Waals surface area contributed by atoms with Crippen molar-refractivity contribution in [1.82, 2.24) is 5.32 Å². The van der Waals surface area contributed by atoms with Gasteiger partial charge in [-0.3, -0.25) is 18.6 Å². The molecule has 41 heavy (non-hydrogen) atoms. The average molecular weight is 610 g/mol. The number of aliphatic carboxylic acids is 1. The molecule has 0 aliphatic rings. The molecule has 0 bridgehead atoms. The van der Waals surface area contributed by atoms with Gasteiger partial charge in [-0.25, -0.2) is 9.36 Å². The molecule has 0 spiro atoms. The molecule has 0 radical (unpaired) electrons. The van der Waals surface area contributed by atoms with Crippen molar-refractivity contribution in [2.45, 2.75) is 148 Å². The van der Waals surface area contributed by atoms with Crippen molar-refractivity contribution in [2.24, 2.45) is 0 Å². The molecule has 0 saturated heterocycles. The normalized spacial score (nSPS) is 14.2. The Labute approximate surface area is 246 Å². The van der Waals surface area contributed by atoms with Gasteiger partial charge in [0.25, 0.3) is 0 Å². The van der Waals surface area contributed by atoms with Gasteiger partial charge in [0.2, 0.25) is 5.91 Å². The number of nitrogens with one attached hydrogen (secondary N) is 1. The fourth-order valence-electron chi connectivity index (χ4n) is 4.14. The van der Waals surface area contributed by atoms with Gasteiger partial charge in [0.15, 0.2) is 6.04 Å². The number of carbonyl (C=O) groups is 3. The molecule has 1 amide bonds. The van der Waals surface area contributed by atoms with Gasteiger partial charge in [-0.15, -0.1) is 0 Å². The number of phosphoric ester groups is 1. The van der Waals surface area contributed by atoms with Gasteiger partial charge in [-0.05, 0) is 12.8 Å². The lowest BCUT2D eigenvalue weighted by Crippen LogP contribution is -2.43. The summed E-state index contributed by atoms with van der Waals surface area (Å²) in [5.74, 6) is -2.38. The van der Waals surface area contributed by atoms with Gasteiger partial charge >= 0.3 is 19.8 Å². The first-order chi connectivity index (χ1) is 19.6. The Morgan fingerprint density at radius 3 is 1.61 bits per heavy atom. The fourth-order valence-corrected chi connectivity index (χ4v) is 4.91. The summed E-state index contributed by atoms with van der Waals surface area (Å²) in [4.78, 5) is 45.2. The number of hydrogen-bond donors (Lipinski definition) is 4. The minimum atomic E-state index is -4.73. The van der Waals surface area contributed by atoms with Crippen LogP contribution in [0.4, 0.5) is 0 Å². The highest BCUT2D eigenvalue weighted by Gasteiger charge is 2.28. The van der Waals surface area contributed by atoms with Crippen molar-refractivity contribution >= 4 is 25.7 Å². The third-order valence-electron chi connectivity index (χ3n) is 6.65. The van der Waals surface area contributed by atoms with E-state index in [1.54, 1.807) is 0 Å². The molecule has 0 saturated carbocycles. The van der Waals surface area contributed by atoms with Crippen LogP contribution < -0.4 is 5.32 Å². The Kier molecular flexibility index (Phi) is 25.2. The van der Waals surface area contributed by atoms with E-state index in [0.29, 0.717) is 12.8 Å². The van der Waals surface area contributed by atoms with E-state index in [-0.39, 0.29) is 12.8 Å². The highest BCUT2D eigenvalue weighted by molar-refractivity contribution is 7.47. The lowest BCUT2D eigenvalue weighted by atomic mass is 10.1. The summed E-state index contributed by atoms with van der Waals surface area (Å²) in [6, 6.07) is -1.53. The Balaban J connectivity index is 4.08. The van der Waals surface area contributed by atoms with Gasteiger partial charge in [0, 0.05) is 12.8 Å². The highest BCUT2D eigenvalue weighted by atomic mass is 31.2. The van der Waals surface area contributed by atoms with Crippen LogP contribution >= 0.6 is 7.82 Å². The summed E-state index contributed by atoms with van der Waals surface area (Å²) in [5, 5.41) is 21.5. The van der Waals surface area contributed by atoms with Gasteiger partial charge in [0.05, 0.1) is 13.2 Å². The van der Waals surface area contributed by atoms with Crippen LogP contribution in [0.3, 0.4) is 0 Å². The topological polar surface area (TPSA) is 169 Å². The van der Waals surface area contributed by atoms with Crippen molar-refractivity contribution in [2.75, 3.05) is 19.8 Å². The molecular formula is C29H56NO10P. The van der Waals surface area contributed by atoms with Crippen LogP contribution in [-0.4, -0.2) is 64.9 Å². The molecule has 12 heteroatoms. The first-order valence-corrected chi connectivity index (χ1v) is 17.1. The van der Waals surface area contributed by atoms with Crippen LogP contribution in [0.1, 0.15) is 136 Å². The number of rotatable bonds is 29. The van der Waals surface area contributed by atoms with Gasteiger partial charge in [-0.1, -0.05) is 110 Å². The first-order valence-electron chi connectivity index (χ1n) is 15.6. The number of hydrogen-bond acceptors (Lipinski definition) is 8. The van der Waals surface area contributed by atoms with Crippen molar-refractivity contribution < 1.29 is 47.8 Å². The Bertz CT molecular complexity index is 736. The number of carboxylic acid groups (broad SMARTS) is 1.